The zero-order chi connectivity index (χ0) is 12.9. The Labute approximate surface area is 120 Å². The average molecular weight is 296 g/mol. The van der Waals surface area contributed by atoms with Crippen molar-refractivity contribution in [3.8, 4) is 0 Å². The smallest absolute Gasteiger partial charge is 0.0581 e. The molecular formula is C14H11Cl2NS. The first-order valence-corrected chi connectivity index (χ1v) is 7.17. The van der Waals surface area contributed by atoms with Crippen molar-refractivity contribution in [1.29, 1.82) is 0 Å². The highest BCUT2D eigenvalue weighted by Gasteiger charge is 2.20. The molecule has 0 radical (unpaired) electrons. The minimum atomic E-state index is 0.652. The van der Waals surface area contributed by atoms with E-state index in [1.807, 2.05) is 6.07 Å². The van der Waals surface area contributed by atoms with Crippen molar-refractivity contribution in [3.63, 3.8) is 0 Å². The van der Waals surface area contributed by atoms with Crippen molar-refractivity contribution < 1.29 is 0 Å². The van der Waals surface area contributed by atoms with Crippen LogP contribution in [-0.2, 0) is 0 Å². The second-order valence-electron chi connectivity index (χ2n) is 4.45. The fourth-order valence-corrected chi connectivity index (χ4v) is 3.82. The van der Waals surface area contributed by atoms with Crippen LogP contribution in [-0.4, -0.2) is 0 Å². The standard InChI is InChI=1S/C14H11Cl2NS/c1-7-3-8(2)13-11(4-7)17-12-6-9(15)5-10(16)14(12)18-13/h3-6,17H,1-2H3. The predicted molar refractivity (Wildman–Crippen MR) is 79.8 cm³/mol. The Morgan fingerprint density at radius 2 is 1.67 bits per heavy atom. The van der Waals surface area contributed by atoms with Crippen LogP contribution in [0.25, 0.3) is 0 Å². The summed E-state index contributed by atoms with van der Waals surface area (Å²) in [5, 5.41) is 4.76. The van der Waals surface area contributed by atoms with Gasteiger partial charge in [-0.1, -0.05) is 41.0 Å². The summed E-state index contributed by atoms with van der Waals surface area (Å²) < 4.78 is 0. The molecule has 0 unspecified atom stereocenters. The summed E-state index contributed by atoms with van der Waals surface area (Å²) in [5.41, 5.74) is 4.62. The van der Waals surface area contributed by atoms with Gasteiger partial charge < -0.3 is 5.32 Å². The van der Waals surface area contributed by atoms with Gasteiger partial charge in [0.1, 0.15) is 0 Å². The van der Waals surface area contributed by atoms with Gasteiger partial charge >= 0.3 is 0 Å². The van der Waals surface area contributed by atoms with Gasteiger partial charge in [0, 0.05) is 9.92 Å². The number of rotatable bonds is 0. The molecule has 0 aliphatic carbocycles. The van der Waals surface area contributed by atoms with Gasteiger partial charge in [-0.25, -0.2) is 0 Å². The minimum absolute atomic E-state index is 0.652. The van der Waals surface area contributed by atoms with Gasteiger partial charge in [-0.15, -0.1) is 0 Å². The third-order valence-electron chi connectivity index (χ3n) is 2.90. The molecule has 0 saturated carbocycles. The molecule has 0 saturated heterocycles. The maximum absolute atomic E-state index is 6.25. The molecule has 0 aromatic heterocycles. The molecule has 1 nitrogen and oxygen atoms in total. The molecule has 1 heterocycles. The van der Waals surface area contributed by atoms with E-state index in [0.29, 0.717) is 10.0 Å². The van der Waals surface area contributed by atoms with Crippen molar-refractivity contribution in [2.75, 3.05) is 5.32 Å². The van der Waals surface area contributed by atoms with Gasteiger partial charge in [0.2, 0.25) is 0 Å². The van der Waals surface area contributed by atoms with E-state index in [9.17, 15) is 0 Å². The average Bonchev–Trinajstić information content (AvgIpc) is 2.26. The number of nitrogens with one attached hydrogen (secondary N) is 1. The van der Waals surface area contributed by atoms with E-state index in [0.717, 1.165) is 16.3 Å². The Bertz CT molecular complexity index is 597. The van der Waals surface area contributed by atoms with E-state index >= 15 is 0 Å². The molecule has 18 heavy (non-hydrogen) atoms. The third-order valence-corrected chi connectivity index (χ3v) is 4.92. The van der Waals surface area contributed by atoms with Crippen LogP contribution in [0.5, 0.6) is 0 Å². The van der Waals surface area contributed by atoms with Gasteiger partial charge in [0.15, 0.2) is 0 Å². The van der Waals surface area contributed by atoms with Gasteiger partial charge in [-0.3, -0.25) is 0 Å². The largest absolute Gasteiger partial charge is 0.354 e. The van der Waals surface area contributed by atoms with Gasteiger partial charge in [0.25, 0.3) is 0 Å². The second kappa shape index (κ2) is 4.37. The van der Waals surface area contributed by atoms with E-state index in [1.54, 1.807) is 17.8 Å². The maximum Gasteiger partial charge on any atom is 0.0581 e. The monoisotopic (exact) mass is 295 g/mol. The zero-order valence-electron chi connectivity index (χ0n) is 9.97. The SMILES string of the molecule is Cc1cc(C)c2c(c1)Nc1cc(Cl)cc(Cl)c1S2. The first-order chi connectivity index (χ1) is 8.54. The van der Waals surface area contributed by atoms with Crippen LogP contribution in [0.3, 0.4) is 0 Å². The number of hydrogen-bond donors (Lipinski definition) is 1. The summed E-state index contributed by atoms with van der Waals surface area (Å²) in [4.78, 5) is 2.28. The predicted octanol–water partition coefficient (Wildman–Crippen LogP) is 5.82. The highest BCUT2D eigenvalue weighted by Crippen LogP contribution is 2.49. The molecule has 2 aromatic rings. The molecule has 0 fully saturated rings. The summed E-state index contributed by atoms with van der Waals surface area (Å²) >= 11 is 14.0. The second-order valence-corrected chi connectivity index (χ2v) is 6.31. The lowest BCUT2D eigenvalue weighted by Gasteiger charge is -2.24. The van der Waals surface area contributed by atoms with Crippen molar-refractivity contribution in [3.05, 3.63) is 45.4 Å². The van der Waals surface area contributed by atoms with Crippen molar-refractivity contribution in [2.45, 2.75) is 23.6 Å². The molecule has 3 rings (SSSR count). The summed E-state index contributed by atoms with van der Waals surface area (Å²) in [7, 11) is 0. The van der Waals surface area contributed by atoms with E-state index in [2.05, 4.69) is 31.3 Å². The molecular weight excluding hydrogens is 285 g/mol. The summed E-state index contributed by atoms with van der Waals surface area (Å²) in [6, 6.07) is 8.02. The Balaban J connectivity index is 2.18. The Morgan fingerprint density at radius 3 is 2.44 bits per heavy atom. The molecule has 1 aliphatic heterocycles. The first-order valence-electron chi connectivity index (χ1n) is 5.60. The highest BCUT2D eigenvalue weighted by atomic mass is 35.5. The highest BCUT2D eigenvalue weighted by molar-refractivity contribution is 8.00. The van der Waals surface area contributed by atoms with Crippen LogP contribution in [0.4, 0.5) is 11.4 Å². The quantitative estimate of drug-likeness (QED) is 0.561. The zero-order valence-corrected chi connectivity index (χ0v) is 12.3. The van der Waals surface area contributed by atoms with Crippen molar-refractivity contribution in [1.82, 2.24) is 0 Å². The maximum atomic E-state index is 6.25. The van der Waals surface area contributed by atoms with Crippen LogP contribution in [0.2, 0.25) is 10.0 Å². The number of anilines is 2. The van der Waals surface area contributed by atoms with Gasteiger partial charge in [-0.05, 0) is 43.2 Å². The summed E-state index contributed by atoms with van der Waals surface area (Å²) in [6.07, 6.45) is 0. The molecule has 0 atom stereocenters. The summed E-state index contributed by atoms with van der Waals surface area (Å²) in [6.45, 7) is 4.22. The van der Waals surface area contributed by atoms with E-state index in [4.69, 9.17) is 23.2 Å². The molecule has 1 N–H and O–H groups in total. The Morgan fingerprint density at radius 1 is 0.944 bits per heavy atom. The molecule has 0 amide bonds. The van der Waals surface area contributed by atoms with E-state index < -0.39 is 0 Å². The molecule has 2 aromatic carbocycles. The Hall–Kier alpha value is -0.830. The molecule has 0 spiro atoms. The summed E-state index contributed by atoms with van der Waals surface area (Å²) in [5.74, 6) is 0. The normalized spacial score (nSPS) is 12.7. The van der Waals surface area contributed by atoms with E-state index in [-0.39, 0.29) is 0 Å². The number of fused-ring (bicyclic) bond motifs is 2. The fourth-order valence-electron chi connectivity index (χ4n) is 2.19. The van der Waals surface area contributed by atoms with Crippen LogP contribution in [0.1, 0.15) is 11.1 Å². The third kappa shape index (κ3) is 1.99. The van der Waals surface area contributed by atoms with Crippen LogP contribution in [0.15, 0.2) is 34.1 Å². The Kier molecular flexibility index (Phi) is 2.97. The topological polar surface area (TPSA) is 12.0 Å². The molecule has 0 bridgehead atoms. The number of halogens is 2. The molecule has 1 aliphatic rings. The first kappa shape index (κ1) is 12.2. The van der Waals surface area contributed by atoms with Crippen LogP contribution >= 0.6 is 35.0 Å². The number of hydrogen-bond acceptors (Lipinski definition) is 2. The van der Waals surface area contributed by atoms with Gasteiger partial charge in [-0.2, -0.15) is 0 Å². The van der Waals surface area contributed by atoms with Crippen molar-refractivity contribution >= 4 is 46.3 Å². The van der Waals surface area contributed by atoms with Gasteiger partial charge in [0.05, 0.1) is 21.3 Å². The minimum Gasteiger partial charge on any atom is -0.354 e. The molecule has 92 valence electrons. The lowest BCUT2D eigenvalue weighted by molar-refractivity contribution is 1.22. The number of benzene rings is 2. The lowest BCUT2D eigenvalue weighted by Crippen LogP contribution is -2.02. The fraction of sp³-hybridized carbons (Fsp3) is 0.143. The van der Waals surface area contributed by atoms with Crippen LogP contribution in [0, 0.1) is 13.8 Å². The van der Waals surface area contributed by atoms with Crippen LogP contribution < -0.4 is 5.32 Å². The number of aryl methyl sites for hydroxylation is 2. The molecule has 4 heteroatoms. The van der Waals surface area contributed by atoms with Crippen molar-refractivity contribution in [2.24, 2.45) is 0 Å². The van der Waals surface area contributed by atoms with E-state index in [1.165, 1.54) is 16.0 Å². The lowest BCUT2D eigenvalue weighted by atomic mass is 10.1.